The van der Waals surface area contributed by atoms with E-state index < -0.39 is 0 Å². The Kier molecular flexibility index (Phi) is 5.12. The molecule has 4 heteroatoms. The average molecular weight is 243 g/mol. The fraction of sp³-hybridized carbons (Fsp3) is 0.917. The van der Waals surface area contributed by atoms with Gasteiger partial charge in [-0.1, -0.05) is 25.6 Å². The molecular formula is C12H25N3S. The highest BCUT2D eigenvalue weighted by molar-refractivity contribution is 8.13. The van der Waals surface area contributed by atoms with Gasteiger partial charge in [-0.05, 0) is 32.9 Å². The van der Waals surface area contributed by atoms with Crippen LogP contribution in [-0.2, 0) is 0 Å². The minimum atomic E-state index is 0.249. The lowest BCUT2D eigenvalue weighted by atomic mass is 9.93. The summed E-state index contributed by atoms with van der Waals surface area (Å²) in [4.78, 5) is 6.93. The summed E-state index contributed by atoms with van der Waals surface area (Å²) >= 11 is 1.85. The third-order valence-corrected chi connectivity index (χ3v) is 3.51. The summed E-state index contributed by atoms with van der Waals surface area (Å²) in [6, 6.07) is 0.581. The van der Waals surface area contributed by atoms with Crippen LogP contribution in [0.25, 0.3) is 0 Å². The Hall–Kier alpha value is -0.220. The van der Waals surface area contributed by atoms with Gasteiger partial charge in [-0.2, -0.15) is 0 Å². The highest BCUT2D eigenvalue weighted by atomic mass is 32.2. The van der Waals surface area contributed by atoms with Crippen LogP contribution < -0.4 is 5.32 Å². The predicted octanol–water partition coefficient (Wildman–Crippen LogP) is 2.05. The molecular weight excluding hydrogens is 218 g/mol. The zero-order valence-corrected chi connectivity index (χ0v) is 12.0. The quantitative estimate of drug-likeness (QED) is 0.819. The maximum Gasteiger partial charge on any atom is 0.156 e. The molecule has 1 atom stereocenters. The summed E-state index contributed by atoms with van der Waals surface area (Å²) in [5.74, 6) is 1.20. The van der Waals surface area contributed by atoms with Crippen molar-refractivity contribution in [3.63, 3.8) is 0 Å². The van der Waals surface area contributed by atoms with E-state index in [1.807, 2.05) is 11.8 Å². The summed E-state index contributed by atoms with van der Waals surface area (Å²) in [5, 5.41) is 4.57. The molecule has 1 saturated heterocycles. The zero-order valence-electron chi connectivity index (χ0n) is 11.2. The van der Waals surface area contributed by atoms with Crippen LogP contribution in [0.3, 0.4) is 0 Å². The van der Waals surface area contributed by atoms with E-state index in [9.17, 15) is 0 Å². The predicted molar refractivity (Wildman–Crippen MR) is 74.3 cm³/mol. The van der Waals surface area contributed by atoms with Crippen molar-refractivity contribution in [1.82, 2.24) is 10.2 Å². The second kappa shape index (κ2) is 5.92. The molecule has 0 aliphatic carbocycles. The van der Waals surface area contributed by atoms with Crippen molar-refractivity contribution >= 4 is 16.9 Å². The molecule has 0 saturated carbocycles. The molecule has 0 aromatic heterocycles. The fourth-order valence-corrected chi connectivity index (χ4v) is 3.05. The van der Waals surface area contributed by atoms with Crippen molar-refractivity contribution in [3.8, 4) is 0 Å². The van der Waals surface area contributed by atoms with Crippen LogP contribution in [-0.4, -0.2) is 49.0 Å². The second-order valence-corrected chi connectivity index (χ2v) is 6.79. The second-order valence-electron chi connectivity index (χ2n) is 5.71. The Morgan fingerprint density at radius 2 is 2.19 bits per heavy atom. The lowest BCUT2D eigenvalue weighted by Crippen LogP contribution is -2.37. The first kappa shape index (κ1) is 13.8. The first-order valence-electron chi connectivity index (χ1n) is 5.97. The topological polar surface area (TPSA) is 27.6 Å². The molecule has 0 aromatic carbocycles. The van der Waals surface area contributed by atoms with E-state index in [2.05, 4.69) is 45.1 Å². The fourth-order valence-electron chi connectivity index (χ4n) is 1.94. The Balaban J connectivity index is 2.44. The van der Waals surface area contributed by atoms with E-state index in [1.54, 1.807) is 0 Å². The highest BCUT2D eigenvalue weighted by Gasteiger charge is 2.20. The molecule has 3 nitrogen and oxygen atoms in total. The SMILES string of the molecule is CC1CCSC(=NCC(C)(C)CN(C)C)N1. The minimum Gasteiger partial charge on any atom is -0.362 e. The third-order valence-electron chi connectivity index (χ3n) is 2.55. The molecule has 0 radical (unpaired) electrons. The molecule has 0 aromatic rings. The number of hydrogen-bond acceptors (Lipinski definition) is 3. The molecule has 1 aliphatic heterocycles. The lowest BCUT2D eigenvalue weighted by Gasteiger charge is -2.28. The number of aliphatic imine (C=N–C) groups is 1. The van der Waals surface area contributed by atoms with Gasteiger partial charge in [0, 0.05) is 24.9 Å². The van der Waals surface area contributed by atoms with Crippen molar-refractivity contribution < 1.29 is 0 Å². The van der Waals surface area contributed by atoms with Crippen LogP contribution in [0.4, 0.5) is 0 Å². The van der Waals surface area contributed by atoms with E-state index in [-0.39, 0.29) is 5.41 Å². The largest absolute Gasteiger partial charge is 0.362 e. The van der Waals surface area contributed by atoms with Crippen molar-refractivity contribution in [2.75, 3.05) is 32.9 Å². The Labute approximate surface area is 104 Å². The van der Waals surface area contributed by atoms with Gasteiger partial charge in [0.2, 0.25) is 0 Å². The summed E-state index contributed by atoms with van der Waals surface area (Å²) in [7, 11) is 4.23. The number of amidine groups is 1. The van der Waals surface area contributed by atoms with Gasteiger partial charge in [0.1, 0.15) is 0 Å². The molecule has 0 bridgehead atoms. The average Bonchev–Trinajstić information content (AvgIpc) is 2.13. The van der Waals surface area contributed by atoms with Gasteiger partial charge in [-0.15, -0.1) is 0 Å². The van der Waals surface area contributed by atoms with E-state index in [0.717, 1.165) is 18.3 Å². The zero-order chi connectivity index (χ0) is 12.2. The van der Waals surface area contributed by atoms with E-state index in [1.165, 1.54) is 12.2 Å². The molecule has 1 heterocycles. The van der Waals surface area contributed by atoms with Crippen LogP contribution in [0.2, 0.25) is 0 Å². The summed E-state index contributed by atoms with van der Waals surface area (Å²) < 4.78 is 0. The normalized spacial score (nSPS) is 24.9. The summed E-state index contributed by atoms with van der Waals surface area (Å²) in [6.07, 6.45) is 1.24. The Morgan fingerprint density at radius 3 is 2.75 bits per heavy atom. The molecule has 94 valence electrons. The van der Waals surface area contributed by atoms with Crippen LogP contribution in [0.5, 0.6) is 0 Å². The standard InChI is InChI=1S/C12H25N3S/c1-10-6-7-16-11(14-10)13-8-12(2,3)9-15(4)5/h10H,6-9H2,1-5H3,(H,13,14). The van der Waals surface area contributed by atoms with E-state index in [4.69, 9.17) is 4.99 Å². The van der Waals surface area contributed by atoms with E-state index >= 15 is 0 Å². The molecule has 1 fully saturated rings. The van der Waals surface area contributed by atoms with Gasteiger partial charge >= 0.3 is 0 Å². The van der Waals surface area contributed by atoms with Crippen molar-refractivity contribution in [2.24, 2.45) is 10.4 Å². The van der Waals surface area contributed by atoms with Crippen LogP contribution in [0.1, 0.15) is 27.2 Å². The highest BCUT2D eigenvalue weighted by Crippen LogP contribution is 2.19. The molecule has 0 amide bonds. The number of hydrogen-bond donors (Lipinski definition) is 1. The van der Waals surface area contributed by atoms with Gasteiger partial charge in [-0.3, -0.25) is 4.99 Å². The molecule has 0 spiro atoms. The molecule has 1 unspecified atom stereocenters. The Morgan fingerprint density at radius 1 is 1.50 bits per heavy atom. The van der Waals surface area contributed by atoms with Crippen molar-refractivity contribution in [2.45, 2.75) is 33.2 Å². The monoisotopic (exact) mass is 243 g/mol. The third kappa shape index (κ3) is 5.21. The number of thioether (sulfide) groups is 1. The first-order chi connectivity index (χ1) is 7.39. The molecule has 16 heavy (non-hydrogen) atoms. The number of nitrogens with one attached hydrogen (secondary N) is 1. The Bertz CT molecular complexity index is 249. The van der Waals surface area contributed by atoms with Crippen molar-refractivity contribution in [1.29, 1.82) is 0 Å². The number of nitrogens with zero attached hydrogens (tertiary/aromatic N) is 2. The smallest absolute Gasteiger partial charge is 0.156 e. The van der Waals surface area contributed by atoms with Gasteiger partial charge in [0.05, 0.1) is 0 Å². The summed E-state index contributed by atoms with van der Waals surface area (Å²) in [5.41, 5.74) is 0.249. The number of rotatable bonds is 4. The lowest BCUT2D eigenvalue weighted by molar-refractivity contribution is 0.249. The van der Waals surface area contributed by atoms with Gasteiger partial charge in [0.15, 0.2) is 5.17 Å². The van der Waals surface area contributed by atoms with Crippen LogP contribution in [0.15, 0.2) is 4.99 Å². The van der Waals surface area contributed by atoms with E-state index in [0.29, 0.717) is 6.04 Å². The minimum absolute atomic E-state index is 0.249. The molecule has 1 aliphatic rings. The molecule has 1 N–H and O–H groups in total. The first-order valence-corrected chi connectivity index (χ1v) is 6.96. The molecule has 1 rings (SSSR count). The maximum atomic E-state index is 4.70. The maximum absolute atomic E-state index is 4.70. The van der Waals surface area contributed by atoms with Gasteiger partial charge in [-0.25, -0.2) is 0 Å². The van der Waals surface area contributed by atoms with Gasteiger partial charge in [0.25, 0.3) is 0 Å². The van der Waals surface area contributed by atoms with Gasteiger partial charge < -0.3 is 10.2 Å². The summed E-state index contributed by atoms with van der Waals surface area (Å²) in [6.45, 7) is 8.74. The van der Waals surface area contributed by atoms with Crippen molar-refractivity contribution in [3.05, 3.63) is 0 Å². The van der Waals surface area contributed by atoms with Crippen LogP contribution in [0, 0.1) is 5.41 Å². The van der Waals surface area contributed by atoms with Crippen LogP contribution >= 0.6 is 11.8 Å².